The number of carboxylic acid groups (broad SMARTS) is 2. The van der Waals surface area contributed by atoms with Crippen LogP contribution >= 0.6 is 0 Å². The van der Waals surface area contributed by atoms with Crippen molar-refractivity contribution in [3.8, 4) is 0 Å². The Morgan fingerprint density at radius 2 is 1.25 bits per heavy atom. The number of hydrogen-bond donors (Lipinski definition) is 0. The van der Waals surface area contributed by atoms with Crippen molar-refractivity contribution in [3.05, 3.63) is 0 Å². The number of hydrogen-bond acceptors (Lipinski definition) is 6. The van der Waals surface area contributed by atoms with Crippen LogP contribution in [0.15, 0.2) is 0 Å². The first-order valence-corrected chi connectivity index (χ1v) is 6.35. The van der Waals surface area contributed by atoms with Crippen molar-refractivity contribution in [1.29, 1.82) is 0 Å². The zero-order valence-electron chi connectivity index (χ0n) is 10.7. The Hall–Kier alpha value is -2.12. The van der Waals surface area contributed by atoms with E-state index in [1.165, 1.54) is 9.80 Å². The van der Waals surface area contributed by atoms with Gasteiger partial charge in [0, 0.05) is 62.8 Å². The summed E-state index contributed by atoms with van der Waals surface area (Å²) in [4.78, 5) is 47.3. The van der Waals surface area contributed by atoms with Crippen LogP contribution in [0.1, 0.15) is 12.8 Å². The number of carboxylic acids is 2. The summed E-state index contributed by atoms with van der Waals surface area (Å²) in [7, 11) is 0. The molecule has 0 N–H and O–H groups in total. The van der Waals surface area contributed by atoms with Crippen LogP contribution in [0.5, 0.6) is 0 Å². The van der Waals surface area contributed by atoms with E-state index in [1.54, 1.807) is 0 Å². The SMILES string of the molecule is O=C([O-])C1CC(=O)N(CCN2CC(C(=O)[O-])CC2=O)C1. The van der Waals surface area contributed by atoms with Crippen LogP contribution < -0.4 is 10.2 Å². The molecule has 2 aliphatic heterocycles. The molecule has 110 valence electrons. The van der Waals surface area contributed by atoms with E-state index in [0.717, 1.165) is 0 Å². The van der Waals surface area contributed by atoms with Gasteiger partial charge in [0.1, 0.15) is 0 Å². The van der Waals surface area contributed by atoms with Crippen molar-refractivity contribution in [2.24, 2.45) is 11.8 Å². The maximum atomic E-state index is 11.6. The Morgan fingerprint density at radius 1 is 0.900 bits per heavy atom. The van der Waals surface area contributed by atoms with Gasteiger partial charge in [0.05, 0.1) is 0 Å². The highest BCUT2D eigenvalue weighted by Crippen LogP contribution is 2.19. The van der Waals surface area contributed by atoms with E-state index in [0.29, 0.717) is 0 Å². The maximum Gasteiger partial charge on any atom is 0.223 e. The van der Waals surface area contributed by atoms with Crippen LogP contribution in [0.2, 0.25) is 0 Å². The summed E-state index contributed by atoms with van der Waals surface area (Å²) >= 11 is 0. The summed E-state index contributed by atoms with van der Waals surface area (Å²) in [6.07, 6.45) is -0.171. The molecule has 2 unspecified atom stereocenters. The Morgan fingerprint density at radius 3 is 1.50 bits per heavy atom. The van der Waals surface area contributed by atoms with Gasteiger partial charge in [-0.1, -0.05) is 0 Å². The number of rotatable bonds is 5. The zero-order chi connectivity index (χ0) is 14.9. The molecule has 0 aromatic carbocycles. The van der Waals surface area contributed by atoms with Crippen molar-refractivity contribution in [3.63, 3.8) is 0 Å². The molecule has 8 heteroatoms. The molecule has 2 fully saturated rings. The normalized spacial score (nSPS) is 26.4. The number of aliphatic carboxylic acids is 2. The Labute approximate surface area is 114 Å². The highest BCUT2D eigenvalue weighted by atomic mass is 16.4. The van der Waals surface area contributed by atoms with Crippen LogP contribution in [0.25, 0.3) is 0 Å². The lowest BCUT2D eigenvalue weighted by Gasteiger charge is -2.22. The van der Waals surface area contributed by atoms with Gasteiger partial charge in [0.2, 0.25) is 11.8 Å². The first-order valence-electron chi connectivity index (χ1n) is 6.35. The second-order valence-corrected chi connectivity index (χ2v) is 5.12. The van der Waals surface area contributed by atoms with Crippen LogP contribution in [-0.2, 0) is 19.2 Å². The number of amides is 2. The van der Waals surface area contributed by atoms with Crippen molar-refractivity contribution < 1.29 is 29.4 Å². The van der Waals surface area contributed by atoms with Crippen molar-refractivity contribution in [2.75, 3.05) is 26.2 Å². The molecule has 0 aromatic heterocycles. The monoisotopic (exact) mass is 282 g/mol. The summed E-state index contributed by atoms with van der Waals surface area (Å²) < 4.78 is 0. The van der Waals surface area contributed by atoms with Gasteiger partial charge in [-0.2, -0.15) is 0 Å². The lowest BCUT2D eigenvalue weighted by molar-refractivity contribution is -0.312. The molecule has 2 atom stereocenters. The molecule has 0 spiro atoms. The first kappa shape index (κ1) is 14.3. The maximum absolute atomic E-state index is 11.6. The minimum atomic E-state index is -1.25. The number of nitrogens with zero attached hydrogens (tertiary/aromatic N) is 2. The zero-order valence-corrected chi connectivity index (χ0v) is 10.7. The third kappa shape index (κ3) is 2.89. The second kappa shape index (κ2) is 5.48. The molecular weight excluding hydrogens is 268 g/mol. The van der Waals surface area contributed by atoms with Crippen molar-refractivity contribution in [1.82, 2.24) is 9.80 Å². The molecular formula is C12H14N2O6-2. The van der Waals surface area contributed by atoms with E-state index in [-0.39, 0.29) is 50.8 Å². The minimum absolute atomic E-state index is 0.0765. The van der Waals surface area contributed by atoms with E-state index >= 15 is 0 Å². The quantitative estimate of drug-likeness (QED) is 0.509. The molecule has 2 rings (SSSR count). The molecule has 8 nitrogen and oxygen atoms in total. The molecule has 2 amide bonds. The van der Waals surface area contributed by atoms with Crippen LogP contribution in [0, 0.1) is 11.8 Å². The fourth-order valence-corrected chi connectivity index (χ4v) is 2.53. The lowest BCUT2D eigenvalue weighted by atomic mass is 10.1. The number of likely N-dealkylation sites (tertiary alicyclic amines) is 2. The molecule has 20 heavy (non-hydrogen) atoms. The fraction of sp³-hybridized carbons (Fsp3) is 0.667. The van der Waals surface area contributed by atoms with Gasteiger partial charge < -0.3 is 29.6 Å². The van der Waals surface area contributed by atoms with Gasteiger partial charge in [-0.15, -0.1) is 0 Å². The average molecular weight is 282 g/mol. The van der Waals surface area contributed by atoms with Crippen LogP contribution in [-0.4, -0.2) is 59.7 Å². The Kier molecular flexibility index (Phi) is 3.91. The highest BCUT2D eigenvalue weighted by Gasteiger charge is 2.33. The third-order valence-corrected chi connectivity index (χ3v) is 3.74. The van der Waals surface area contributed by atoms with E-state index in [2.05, 4.69) is 0 Å². The third-order valence-electron chi connectivity index (χ3n) is 3.74. The number of carbonyl (C=O) groups is 4. The molecule has 2 saturated heterocycles. The summed E-state index contributed by atoms with van der Waals surface area (Å²) in [6.45, 7) is 0.558. The van der Waals surface area contributed by atoms with Gasteiger partial charge in [0.25, 0.3) is 0 Å². The van der Waals surface area contributed by atoms with Crippen molar-refractivity contribution >= 4 is 23.8 Å². The topological polar surface area (TPSA) is 121 Å². The standard InChI is InChI=1S/C12H16N2O6/c15-9-3-7(11(17)18)5-13(9)1-2-14-6-8(12(19)20)4-10(14)16/h7-8H,1-6H2,(H,17,18)(H,19,20)/p-2. The van der Waals surface area contributed by atoms with Crippen LogP contribution in [0.4, 0.5) is 0 Å². The number of carbonyl (C=O) groups excluding carboxylic acids is 4. The molecule has 2 aliphatic rings. The molecule has 0 saturated carbocycles. The largest absolute Gasteiger partial charge is 0.550 e. The minimum Gasteiger partial charge on any atom is -0.550 e. The highest BCUT2D eigenvalue weighted by molar-refractivity contribution is 5.86. The predicted molar refractivity (Wildman–Crippen MR) is 59.4 cm³/mol. The summed E-state index contributed by atoms with van der Waals surface area (Å²) in [5.41, 5.74) is 0. The predicted octanol–water partition coefficient (Wildman–Crippen LogP) is -3.82. The van der Waals surface area contributed by atoms with E-state index in [1.807, 2.05) is 0 Å². The molecule has 0 aromatic rings. The van der Waals surface area contributed by atoms with Gasteiger partial charge in [-0.25, -0.2) is 0 Å². The van der Waals surface area contributed by atoms with E-state index in [4.69, 9.17) is 0 Å². The molecule has 0 radical (unpaired) electrons. The smallest absolute Gasteiger partial charge is 0.223 e. The second-order valence-electron chi connectivity index (χ2n) is 5.12. The van der Waals surface area contributed by atoms with E-state index in [9.17, 15) is 29.4 Å². The Balaban J connectivity index is 1.84. The van der Waals surface area contributed by atoms with Gasteiger partial charge >= 0.3 is 0 Å². The lowest BCUT2D eigenvalue weighted by Crippen LogP contribution is -2.39. The molecule has 0 bridgehead atoms. The first-order chi connectivity index (χ1) is 9.38. The molecule has 2 heterocycles. The van der Waals surface area contributed by atoms with Crippen LogP contribution in [0.3, 0.4) is 0 Å². The summed E-state index contributed by atoms with van der Waals surface area (Å²) in [6, 6.07) is 0. The summed E-state index contributed by atoms with van der Waals surface area (Å²) in [5.74, 6) is -4.71. The van der Waals surface area contributed by atoms with Gasteiger partial charge in [0.15, 0.2) is 0 Å². The fourth-order valence-electron chi connectivity index (χ4n) is 2.53. The molecule has 0 aliphatic carbocycles. The van der Waals surface area contributed by atoms with Gasteiger partial charge in [-0.3, -0.25) is 9.59 Å². The van der Waals surface area contributed by atoms with E-state index < -0.39 is 23.8 Å². The summed E-state index contributed by atoms with van der Waals surface area (Å²) in [5, 5.41) is 21.4. The van der Waals surface area contributed by atoms with Crippen molar-refractivity contribution in [2.45, 2.75) is 12.8 Å². The average Bonchev–Trinajstić information content (AvgIpc) is 2.91. The Bertz CT molecular complexity index is 421. The van der Waals surface area contributed by atoms with Gasteiger partial charge in [-0.05, 0) is 0 Å².